The SMILES string of the molecule is CCC(=O)OCC(=O)[C@@]12ON(Cc3ccc(F)cc3)C[C@@H]1C[C@H]1[C@@H]3C[C@H](F)C4=CC(=O)C=C[C@]4(C)[C@@]3(F)[C@@H](O)C[C@@]12C. The summed E-state index contributed by atoms with van der Waals surface area (Å²) in [4.78, 5) is 44.8. The van der Waals surface area contributed by atoms with E-state index >= 15 is 8.78 Å². The average molecular weight is 588 g/mol. The molecule has 5 aliphatic rings. The maximum atomic E-state index is 17.6. The largest absolute Gasteiger partial charge is 0.458 e. The number of hydrogen-bond donors (Lipinski definition) is 1. The molecule has 0 aromatic heterocycles. The summed E-state index contributed by atoms with van der Waals surface area (Å²) in [7, 11) is 0. The van der Waals surface area contributed by atoms with Crippen LogP contribution < -0.4 is 0 Å². The Morgan fingerprint density at radius 3 is 2.57 bits per heavy atom. The van der Waals surface area contributed by atoms with Crippen molar-refractivity contribution in [3.05, 3.63) is 59.4 Å². The minimum atomic E-state index is -2.28. The van der Waals surface area contributed by atoms with Crippen LogP contribution in [0.25, 0.3) is 0 Å². The molecule has 1 N–H and O–H groups in total. The van der Waals surface area contributed by atoms with Crippen LogP contribution in [0.15, 0.2) is 48.1 Å². The lowest BCUT2D eigenvalue weighted by Gasteiger charge is -2.63. The molecule has 0 unspecified atom stereocenters. The first-order chi connectivity index (χ1) is 19.8. The number of hydroxylamine groups is 2. The number of Topliss-reactive ketones (excluding diaryl/α,β-unsaturated/α-hetero) is 1. The minimum absolute atomic E-state index is 0.0357. The van der Waals surface area contributed by atoms with Gasteiger partial charge >= 0.3 is 5.97 Å². The van der Waals surface area contributed by atoms with Crippen LogP contribution in [0.4, 0.5) is 13.2 Å². The van der Waals surface area contributed by atoms with Crippen molar-refractivity contribution in [2.24, 2.45) is 28.6 Å². The molecular formula is C32H36F3NO6. The Labute approximate surface area is 242 Å². The molecule has 7 nitrogen and oxygen atoms in total. The highest BCUT2D eigenvalue weighted by molar-refractivity contribution is 6.01. The highest BCUT2D eigenvalue weighted by Crippen LogP contribution is 2.72. The number of ether oxygens (including phenoxy) is 1. The fourth-order valence-electron chi connectivity index (χ4n) is 9.06. The van der Waals surface area contributed by atoms with Gasteiger partial charge in [0.05, 0.1) is 6.10 Å². The van der Waals surface area contributed by atoms with Gasteiger partial charge in [0.15, 0.2) is 23.7 Å². The summed E-state index contributed by atoms with van der Waals surface area (Å²) in [6.45, 7) is 4.94. The summed E-state index contributed by atoms with van der Waals surface area (Å²) >= 11 is 0. The fraction of sp³-hybridized carbons (Fsp3) is 0.594. The highest BCUT2D eigenvalue weighted by Gasteiger charge is 2.79. The summed E-state index contributed by atoms with van der Waals surface area (Å²) in [5, 5.41) is 13.3. The second kappa shape index (κ2) is 9.86. The summed E-state index contributed by atoms with van der Waals surface area (Å²) in [6, 6.07) is 5.91. The fourth-order valence-corrected chi connectivity index (χ4v) is 9.06. The molecule has 3 saturated carbocycles. The molecule has 1 aromatic rings. The molecule has 6 rings (SSSR count). The molecule has 0 amide bonds. The van der Waals surface area contributed by atoms with E-state index < -0.39 is 76.3 Å². The van der Waals surface area contributed by atoms with E-state index in [-0.39, 0.29) is 43.7 Å². The van der Waals surface area contributed by atoms with Gasteiger partial charge < -0.3 is 9.84 Å². The summed E-state index contributed by atoms with van der Waals surface area (Å²) < 4.78 is 52.2. The lowest BCUT2D eigenvalue weighted by atomic mass is 9.44. The monoisotopic (exact) mass is 587 g/mol. The van der Waals surface area contributed by atoms with Gasteiger partial charge in [-0.15, -0.1) is 0 Å². The van der Waals surface area contributed by atoms with Crippen LogP contribution in [-0.4, -0.2) is 64.4 Å². The quantitative estimate of drug-likeness (QED) is 0.494. The zero-order valence-electron chi connectivity index (χ0n) is 23.9. The van der Waals surface area contributed by atoms with Gasteiger partial charge in [-0.3, -0.25) is 19.2 Å². The van der Waals surface area contributed by atoms with Crippen LogP contribution >= 0.6 is 0 Å². The van der Waals surface area contributed by atoms with Gasteiger partial charge in [0.25, 0.3) is 0 Å². The van der Waals surface area contributed by atoms with E-state index in [0.717, 1.165) is 11.6 Å². The first-order valence-corrected chi connectivity index (χ1v) is 14.6. The molecule has 0 spiro atoms. The third-order valence-corrected chi connectivity index (χ3v) is 11.0. The van der Waals surface area contributed by atoms with Crippen LogP contribution in [-0.2, 0) is 30.5 Å². The van der Waals surface area contributed by atoms with Crippen LogP contribution in [0.5, 0.6) is 0 Å². The van der Waals surface area contributed by atoms with Gasteiger partial charge in [0, 0.05) is 42.2 Å². The van der Waals surface area contributed by atoms with Gasteiger partial charge in [-0.2, -0.15) is 5.06 Å². The Hall–Kier alpha value is -2.82. The molecule has 1 heterocycles. The zero-order valence-corrected chi connectivity index (χ0v) is 23.9. The lowest BCUT2D eigenvalue weighted by Crippen LogP contribution is -2.70. The molecule has 0 bridgehead atoms. The smallest absolute Gasteiger partial charge is 0.305 e. The van der Waals surface area contributed by atoms with Crippen molar-refractivity contribution >= 4 is 17.5 Å². The van der Waals surface area contributed by atoms with Gasteiger partial charge in [0.2, 0.25) is 5.78 Å². The lowest BCUT2D eigenvalue weighted by molar-refractivity contribution is -0.269. The Morgan fingerprint density at radius 1 is 1.17 bits per heavy atom. The predicted molar refractivity (Wildman–Crippen MR) is 144 cm³/mol. The molecule has 0 radical (unpaired) electrons. The maximum Gasteiger partial charge on any atom is 0.305 e. The molecule has 9 atom stereocenters. The molecule has 1 aliphatic heterocycles. The Kier molecular flexibility index (Phi) is 6.87. The van der Waals surface area contributed by atoms with Crippen LogP contribution in [0.2, 0.25) is 0 Å². The van der Waals surface area contributed by atoms with E-state index in [0.29, 0.717) is 6.42 Å². The number of aliphatic hydroxyl groups is 1. The first kappa shape index (κ1) is 29.3. The molecule has 4 aliphatic carbocycles. The number of benzene rings is 1. The highest BCUT2D eigenvalue weighted by atomic mass is 19.1. The number of fused-ring (bicyclic) bond motifs is 7. The number of hydrogen-bond acceptors (Lipinski definition) is 7. The first-order valence-electron chi connectivity index (χ1n) is 14.6. The van der Waals surface area contributed by atoms with E-state index in [4.69, 9.17) is 9.57 Å². The number of nitrogens with zero attached hydrogens (tertiary/aromatic N) is 1. The van der Waals surface area contributed by atoms with Gasteiger partial charge in [0.1, 0.15) is 12.0 Å². The number of carbonyl (C=O) groups excluding carboxylic acids is 3. The number of esters is 1. The summed E-state index contributed by atoms with van der Waals surface area (Å²) in [5.74, 6) is -3.81. The van der Waals surface area contributed by atoms with E-state index in [1.807, 2.05) is 0 Å². The number of allylic oxidation sites excluding steroid dienone is 4. The molecule has 1 saturated heterocycles. The maximum absolute atomic E-state index is 17.6. The number of rotatable bonds is 6. The van der Waals surface area contributed by atoms with E-state index in [1.54, 1.807) is 31.0 Å². The average Bonchev–Trinajstić information content (AvgIpc) is 3.43. The molecule has 42 heavy (non-hydrogen) atoms. The Morgan fingerprint density at radius 2 is 1.88 bits per heavy atom. The number of halogens is 3. The van der Waals surface area contributed by atoms with Crippen molar-refractivity contribution in [1.82, 2.24) is 5.06 Å². The van der Waals surface area contributed by atoms with Crippen molar-refractivity contribution in [3.8, 4) is 0 Å². The van der Waals surface area contributed by atoms with Crippen LogP contribution in [0, 0.1) is 34.4 Å². The third-order valence-electron chi connectivity index (χ3n) is 11.0. The van der Waals surface area contributed by atoms with Crippen molar-refractivity contribution in [1.29, 1.82) is 0 Å². The number of ketones is 2. The minimum Gasteiger partial charge on any atom is -0.458 e. The zero-order chi connectivity index (χ0) is 30.2. The predicted octanol–water partition coefficient (Wildman–Crippen LogP) is 4.38. The van der Waals surface area contributed by atoms with Gasteiger partial charge in [-0.25, -0.2) is 13.2 Å². The third kappa shape index (κ3) is 3.87. The van der Waals surface area contributed by atoms with Gasteiger partial charge in [-0.05, 0) is 67.5 Å². The second-order valence-corrected chi connectivity index (χ2v) is 13.0. The van der Waals surface area contributed by atoms with Gasteiger partial charge in [-0.1, -0.05) is 32.1 Å². The summed E-state index contributed by atoms with van der Waals surface area (Å²) in [5.41, 5.74) is -5.72. The normalized spacial score (nSPS) is 42.3. The number of alkyl halides is 2. The molecular weight excluding hydrogens is 551 g/mol. The topological polar surface area (TPSA) is 93.1 Å². The van der Waals surface area contributed by atoms with E-state index in [1.165, 1.54) is 31.2 Å². The number of carbonyl (C=O) groups is 3. The number of aliphatic hydroxyl groups excluding tert-OH is 1. The second-order valence-electron chi connectivity index (χ2n) is 13.0. The van der Waals surface area contributed by atoms with Crippen LogP contribution in [0.1, 0.15) is 52.0 Å². The molecule has 10 heteroatoms. The van der Waals surface area contributed by atoms with Crippen molar-refractivity contribution in [2.75, 3.05) is 13.2 Å². The molecule has 226 valence electrons. The van der Waals surface area contributed by atoms with Crippen molar-refractivity contribution in [3.63, 3.8) is 0 Å². The Bertz CT molecular complexity index is 1380. The van der Waals surface area contributed by atoms with Crippen molar-refractivity contribution in [2.45, 2.75) is 76.5 Å². The summed E-state index contributed by atoms with van der Waals surface area (Å²) in [6.07, 6.45) is 0.587. The Balaban J connectivity index is 1.39. The van der Waals surface area contributed by atoms with Crippen molar-refractivity contribution < 1.29 is 42.2 Å². The van der Waals surface area contributed by atoms with E-state index in [9.17, 15) is 23.9 Å². The standard InChI is InChI=1S/C32H36F3NO6/c1-4-28(40)41-17-27(39)32-19(16-36(42-32)15-18-5-7-20(33)8-6-18)11-22-23-13-25(34)24-12-21(37)9-10-29(24,2)31(23,35)26(38)14-30(22,32)3/h5-10,12,19,22-23,25-26,38H,4,11,13-17H2,1-3H3/t19-,22-,23-,25-,26-,29-,30-,31-,32-/m0/s1. The van der Waals surface area contributed by atoms with E-state index in [2.05, 4.69) is 0 Å². The molecule has 4 fully saturated rings. The van der Waals surface area contributed by atoms with Crippen LogP contribution in [0.3, 0.4) is 0 Å². The molecule has 1 aromatic carbocycles.